The molecule has 0 bridgehead atoms. The molecule has 2 atom stereocenters. The van der Waals surface area contributed by atoms with E-state index in [-0.39, 0.29) is 6.04 Å². The third-order valence-corrected chi connectivity index (χ3v) is 4.28. The number of aryl methyl sites for hydroxylation is 2. The number of benzene rings is 1. The van der Waals surface area contributed by atoms with Crippen molar-refractivity contribution in [2.24, 2.45) is 12.8 Å². The van der Waals surface area contributed by atoms with Crippen LogP contribution in [0.15, 0.2) is 30.3 Å². The molecule has 4 heteroatoms. The van der Waals surface area contributed by atoms with Crippen molar-refractivity contribution < 1.29 is 5.11 Å². The second kappa shape index (κ2) is 4.72. The monoisotopic (exact) mass is 271 g/mol. The summed E-state index contributed by atoms with van der Waals surface area (Å²) in [5, 5.41) is 15.5. The molecular formula is C16H21N3O. The van der Waals surface area contributed by atoms with Crippen LogP contribution >= 0.6 is 0 Å². The van der Waals surface area contributed by atoms with Crippen LogP contribution < -0.4 is 5.73 Å². The number of nitrogens with two attached hydrogens (primary N) is 1. The first-order valence-electron chi connectivity index (χ1n) is 7.12. The predicted molar refractivity (Wildman–Crippen MR) is 78.2 cm³/mol. The Kier molecular flexibility index (Phi) is 3.15. The summed E-state index contributed by atoms with van der Waals surface area (Å²) in [6.45, 7) is 2.08. The zero-order valence-corrected chi connectivity index (χ0v) is 12.0. The highest BCUT2D eigenvalue weighted by Crippen LogP contribution is 2.43. The lowest BCUT2D eigenvalue weighted by molar-refractivity contribution is 0.0323. The Hall–Kier alpha value is -1.65. The molecule has 2 aromatic rings. The summed E-state index contributed by atoms with van der Waals surface area (Å²) in [5.74, 6) is 0. The average molecular weight is 271 g/mol. The van der Waals surface area contributed by atoms with Gasteiger partial charge in [-0.15, -0.1) is 0 Å². The van der Waals surface area contributed by atoms with Gasteiger partial charge in [0.15, 0.2) is 0 Å². The van der Waals surface area contributed by atoms with E-state index in [2.05, 4.69) is 18.1 Å². The minimum Gasteiger partial charge on any atom is -0.385 e. The smallest absolute Gasteiger partial charge is 0.0972 e. The standard InChI is InChI=1S/C16H21N3O/c1-3-11-8-12(19(2)18-11)9-16(20)10-15(17)13-6-4-5-7-14(13)16/h4-8,15,20H,3,9-10,17H2,1-2H3. The SMILES string of the molecule is CCc1cc(CC2(O)CC(N)c3ccccc32)n(C)n1. The van der Waals surface area contributed by atoms with Gasteiger partial charge in [-0.05, 0) is 30.0 Å². The first-order valence-corrected chi connectivity index (χ1v) is 7.12. The minimum atomic E-state index is -0.880. The van der Waals surface area contributed by atoms with Crippen molar-refractivity contribution in [2.75, 3.05) is 0 Å². The molecule has 3 N–H and O–H groups in total. The van der Waals surface area contributed by atoms with Crippen LogP contribution in [0.5, 0.6) is 0 Å². The summed E-state index contributed by atoms with van der Waals surface area (Å²) >= 11 is 0. The summed E-state index contributed by atoms with van der Waals surface area (Å²) in [7, 11) is 1.93. The third-order valence-electron chi connectivity index (χ3n) is 4.28. The summed E-state index contributed by atoms with van der Waals surface area (Å²) < 4.78 is 1.86. The van der Waals surface area contributed by atoms with Crippen LogP contribution in [-0.4, -0.2) is 14.9 Å². The maximum absolute atomic E-state index is 11.1. The molecule has 0 fully saturated rings. The van der Waals surface area contributed by atoms with Gasteiger partial charge in [-0.3, -0.25) is 4.68 Å². The highest BCUT2D eigenvalue weighted by molar-refractivity contribution is 5.41. The van der Waals surface area contributed by atoms with Gasteiger partial charge in [0.1, 0.15) is 0 Å². The average Bonchev–Trinajstić information content (AvgIpc) is 2.90. The van der Waals surface area contributed by atoms with E-state index in [0.717, 1.165) is 28.9 Å². The Balaban J connectivity index is 1.96. The number of aliphatic hydroxyl groups is 1. The molecule has 0 saturated heterocycles. The summed E-state index contributed by atoms with van der Waals surface area (Å²) in [4.78, 5) is 0. The first-order chi connectivity index (χ1) is 9.53. The fraction of sp³-hybridized carbons (Fsp3) is 0.438. The lowest BCUT2D eigenvalue weighted by atomic mass is 9.90. The molecule has 3 rings (SSSR count). The van der Waals surface area contributed by atoms with Gasteiger partial charge in [-0.1, -0.05) is 31.2 Å². The van der Waals surface area contributed by atoms with Crippen LogP contribution in [0.4, 0.5) is 0 Å². The highest BCUT2D eigenvalue weighted by atomic mass is 16.3. The number of aromatic nitrogens is 2. The van der Waals surface area contributed by atoms with E-state index in [4.69, 9.17) is 5.73 Å². The molecule has 0 radical (unpaired) electrons. The lowest BCUT2D eigenvalue weighted by Gasteiger charge is -2.24. The van der Waals surface area contributed by atoms with E-state index in [1.807, 2.05) is 36.0 Å². The maximum atomic E-state index is 11.1. The van der Waals surface area contributed by atoms with Crippen LogP contribution in [-0.2, 0) is 25.5 Å². The van der Waals surface area contributed by atoms with E-state index < -0.39 is 5.60 Å². The van der Waals surface area contributed by atoms with Crippen molar-refractivity contribution in [1.82, 2.24) is 9.78 Å². The lowest BCUT2D eigenvalue weighted by Crippen LogP contribution is -2.27. The van der Waals surface area contributed by atoms with Gasteiger partial charge >= 0.3 is 0 Å². The Morgan fingerprint density at radius 2 is 2.20 bits per heavy atom. The summed E-state index contributed by atoms with van der Waals surface area (Å²) in [6, 6.07) is 9.92. The number of fused-ring (bicyclic) bond motifs is 1. The Labute approximate surface area is 119 Å². The molecule has 1 aromatic heterocycles. The molecule has 2 unspecified atom stereocenters. The maximum Gasteiger partial charge on any atom is 0.0972 e. The van der Waals surface area contributed by atoms with E-state index in [1.165, 1.54) is 0 Å². The molecular weight excluding hydrogens is 250 g/mol. The zero-order valence-electron chi connectivity index (χ0n) is 12.0. The van der Waals surface area contributed by atoms with Crippen molar-refractivity contribution in [3.63, 3.8) is 0 Å². The molecule has 0 spiro atoms. The molecule has 0 amide bonds. The van der Waals surface area contributed by atoms with Gasteiger partial charge in [0.2, 0.25) is 0 Å². The van der Waals surface area contributed by atoms with Crippen LogP contribution in [0.25, 0.3) is 0 Å². The molecule has 1 aliphatic rings. The molecule has 0 aliphatic heterocycles. The van der Waals surface area contributed by atoms with E-state index >= 15 is 0 Å². The van der Waals surface area contributed by atoms with Crippen LogP contribution in [0.3, 0.4) is 0 Å². The van der Waals surface area contributed by atoms with Gasteiger partial charge in [-0.2, -0.15) is 5.10 Å². The van der Waals surface area contributed by atoms with E-state index in [0.29, 0.717) is 12.8 Å². The second-order valence-corrected chi connectivity index (χ2v) is 5.71. The number of nitrogens with zero attached hydrogens (tertiary/aromatic N) is 2. The number of hydrogen-bond acceptors (Lipinski definition) is 3. The van der Waals surface area contributed by atoms with Crippen LogP contribution in [0, 0.1) is 0 Å². The van der Waals surface area contributed by atoms with Gasteiger partial charge in [0, 0.05) is 25.2 Å². The molecule has 4 nitrogen and oxygen atoms in total. The molecule has 1 aliphatic carbocycles. The van der Waals surface area contributed by atoms with E-state index in [1.54, 1.807) is 0 Å². The van der Waals surface area contributed by atoms with Crippen LogP contribution in [0.2, 0.25) is 0 Å². The van der Waals surface area contributed by atoms with Gasteiger partial charge < -0.3 is 10.8 Å². The Morgan fingerprint density at radius 1 is 1.45 bits per heavy atom. The van der Waals surface area contributed by atoms with Crippen molar-refractivity contribution in [3.8, 4) is 0 Å². The molecule has 20 heavy (non-hydrogen) atoms. The van der Waals surface area contributed by atoms with Gasteiger partial charge in [-0.25, -0.2) is 0 Å². The molecule has 1 heterocycles. The normalized spacial score (nSPS) is 24.9. The van der Waals surface area contributed by atoms with Crippen molar-refractivity contribution in [2.45, 2.75) is 37.8 Å². The number of hydrogen-bond donors (Lipinski definition) is 2. The molecule has 0 saturated carbocycles. The molecule has 1 aromatic carbocycles. The van der Waals surface area contributed by atoms with Gasteiger partial charge in [0.05, 0.1) is 11.3 Å². The van der Waals surface area contributed by atoms with Gasteiger partial charge in [0.25, 0.3) is 0 Å². The van der Waals surface area contributed by atoms with E-state index in [9.17, 15) is 5.11 Å². The zero-order chi connectivity index (χ0) is 14.3. The van der Waals surface area contributed by atoms with Crippen LogP contribution in [0.1, 0.15) is 41.9 Å². The second-order valence-electron chi connectivity index (χ2n) is 5.71. The largest absolute Gasteiger partial charge is 0.385 e. The fourth-order valence-electron chi connectivity index (χ4n) is 3.20. The van der Waals surface area contributed by atoms with Crippen molar-refractivity contribution in [1.29, 1.82) is 0 Å². The summed E-state index contributed by atoms with van der Waals surface area (Å²) in [5.41, 5.74) is 9.42. The number of rotatable bonds is 3. The predicted octanol–water partition coefficient (Wildman–Crippen LogP) is 1.82. The highest BCUT2D eigenvalue weighted by Gasteiger charge is 2.41. The molecule has 106 valence electrons. The van der Waals surface area contributed by atoms with Crippen molar-refractivity contribution in [3.05, 3.63) is 52.8 Å². The summed E-state index contributed by atoms with van der Waals surface area (Å²) in [6.07, 6.45) is 2.03. The fourth-order valence-corrected chi connectivity index (χ4v) is 3.20. The Morgan fingerprint density at radius 3 is 2.90 bits per heavy atom. The third kappa shape index (κ3) is 2.05. The quantitative estimate of drug-likeness (QED) is 0.895. The first kappa shape index (κ1) is 13.3. The van der Waals surface area contributed by atoms with Crippen molar-refractivity contribution >= 4 is 0 Å². The topological polar surface area (TPSA) is 64.1 Å². The Bertz CT molecular complexity index is 634. The minimum absolute atomic E-state index is 0.0879.